The molecule has 0 unspecified atom stereocenters. The van der Waals surface area contributed by atoms with E-state index in [2.05, 4.69) is 20.9 Å². The van der Waals surface area contributed by atoms with Crippen LogP contribution in [0.15, 0.2) is 22.8 Å². The predicted molar refractivity (Wildman–Crippen MR) is 96.4 cm³/mol. The van der Waals surface area contributed by atoms with E-state index < -0.39 is 40.8 Å². The average molecular weight is 503 g/mol. The monoisotopic (exact) mass is 501 g/mol. The van der Waals surface area contributed by atoms with Gasteiger partial charge < -0.3 is 9.80 Å². The van der Waals surface area contributed by atoms with Crippen molar-refractivity contribution in [3.8, 4) is 0 Å². The Morgan fingerprint density at radius 2 is 1.69 bits per heavy atom. The van der Waals surface area contributed by atoms with Crippen molar-refractivity contribution in [1.29, 1.82) is 0 Å². The number of pyridine rings is 1. The van der Waals surface area contributed by atoms with E-state index in [0.29, 0.717) is 4.47 Å². The third-order valence-corrected chi connectivity index (χ3v) is 5.09. The van der Waals surface area contributed by atoms with Crippen molar-refractivity contribution in [2.45, 2.75) is 6.18 Å². The standard InChI is InChI=1S/C17H11BrClF6N3O/c18-8-5-9(15(19)26-7-8)16(29)28-3-1-27(2-4-28)14-11(20)6-10(17(23,24)25)12(21)13(14)22/h5-7H,1-4H2. The van der Waals surface area contributed by atoms with Gasteiger partial charge in [-0.2, -0.15) is 13.2 Å². The summed E-state index contributed by atoms with van der Waals surface area (Å²) in [6, 6.07) is 1.40. The topological polar surface area (TPSA) is 36.4 Å². The van der Waals surface area contributed by atoms with Crippen LogP contribution in [0.4, 0.5) is 32.0 Å². The minimum absolute atomic E-state index is 0.0107. The largest absolute Gasteiger partial charge is 0.419 e. The van der Waals surface area contributed by atoms with Crippen molar-refractivity contribution in [3.05, 3.63) is 56.5 Å². The molecule has 2 heterocycles. The van der Waals surface area contributed by atoms with Crippen molar-refractivity contribution in [2.75, 3.05) is 31.1 Å². The maximum atomic E-state index is 14.2. The summed E-state index contributed by atoms with van der Waals surface area (Å²) in [4.78, 5) is 18.8. The Kier molecular flexibility index (Phi) is 6.00. The molecule has 1 aliphatic rings. The summed E-state index contributed by atoms with van der Waals surface area (Å²) in [5, 5.41) is -0.0254. The number of hydrogen-bond acceptors (Lipinski definition) is 3. The molecule has 12 heteroatoms. The third kappa shape index (κ3) is 4.30. The fraction of sp³-hybridized carbons (Fsp3) is 0.294. The van der Waals surface area contributed by atoms with Crippen molar-refractivity contribution in [2.24, 2.45) is 0 Å². The zero-order chi connectivity index (χ0) is 21.5. The predicted octanol–water partition coefficient (Wildman–Crippen LogP) is 4.90. The van der Waals surface area contributed by atoms with E-state index in [1.807, 2.05) is 0 Å². The summed E-state index contributed by atoms with van der Waals surface area (Å²) in [5.74, 6) is -6.09. The normalized spacial score (nSPS) is 15.0. The van der Waals surface area contributed by atoms with Crippen LogP contribution in [0.5, 0.6) is 0 Å². The van der Waals surface area contributed by atoms with E-state index in [9.17, 15) is 31.1 Å². The number of piperazine rings is 1. The average Bonchev–Trinajstić information content (AvgIpc) is 2.66. The highest BCUT2D eigenvalue weighted by atomic mass is 79.9. The van der Waals surface area contributed by atoms with Gasteiger partial charge in [-0.25, -0.2) is 18.2 Å². The maximum absolute atomic E-state index is 14.2. The van der Waals surface area contributed by atoms with Crippen LogP contribution in [-0.4, -0.2) is 42.0 Å². The number of hydrogen-bond donors (Lipinski definition) is 0. The molecule has 0 N–H and O–H groups in total. The zero-order valence-electron chi connectivity index (χ0n) is 14.3. The van der Waals surface area contributed by atoms with Gasteiger partial charge in [0.25, 0.3) is 5.91 Å². The summed E-state index contributed by atoms with van der Waals surface area (Å²) in [7, 11) is 0. The SMILES string of the molecule is O=C(c1cc(Br)cnc1Cl)N1CCN(c2c(F)cc(C(F)(F)F)c(F)c2F)CC1. The second-order valence-electron chi connectivity index (χ2n) is 6.15. The van der Waals surface area contributed by atoms with Crippen molar-refractivity contribution in [1.82, 2.24) is 9.88 Å². The second-order valence-corrected chi connectivity index (χ2v) is 7.43. The molecule has 0 spiro atoms. The molecule has 3 rings (SSSR count). The molecule has 1 aromatic carbocycles. The molecule has 2 aromatic rings. The van der Waals surface area contributed by atoms with Crippen molar-refractivity contribution in [3.63, 3.8) is 0 Å². The number of amides is 1. The molecule has 0 radical (unpaired) electrons. The van der Waals surface area contributed by atoms with Crippen molar-refractivity contribution < 1.29 is 31.1 Å². The Hall–Kier alpha value is -2.01. The summed E-state index contributed by atoms with van der Waals surface area (Å²) in [6.07, 6.45) is -3.82. The van der Waals surface area contributed by atoms with Crippen LogP contribution < -0.4 is 4.90 Å². The number of carbonyl (C=O) groups is 1. The molecular weight excluding hydrogens is 492 g/mol. The van der Waals surface area contributed by atoms with Gasteiger partial charge in [0.05, 0.1) is 11.1 Å². The molecular formula is C17H11BrClF6N3O. The lowest BCUT2D eigenvalue weighted by Crippen LogP contribution is -2.49. The first-order valence-electron chi connectivity index (χ1n) is 8.10. The number of aromatic nitrogens is 1. The van der Waals surface area contributed by atoms with Gasteiger partial charge in [0.2, 0.25) is 0 Å². The minimum atomic E-state index is -5.23. The third-order valence-electron chi connectivity index (χ3n) is 4.36. The summed E-state index contributed by atoms with van der Waals surface area (Å²) in [5.41, 5.74) is -2.79. The quantitative estimate of drug-likeness (QED) is 0.333. The molecule has 0 aliphatic carbocycles. The summed E-state index contributed by atoms with van der Waals surface area (Å²) < 4.78 is 80.8. The molecule has 0 saturated carbocycles. The van der Waals surface area contributed by atoms with E-state index in [0.717, 1.165) is 4.90 Å². The molecule has 1 amide bonds. The van der Waals surface area contributed by atoms with Crippen LogP contribution in [0.1, 0.15) is 15.9 Å². The molecule has 1 aliphatic heterocycles. The minimum Gasteiger partial charge on any atom is -0.363 e. The zero-order valence-corrected chi connectivity index (χ0v) is 16.7. The molecule has 1 saturated heterocycles. The number of halogens is 8. The van der Waals surface area contributed by atoms with Crippen LogP contribution >= 0.6 is 27.5 Å². The van der Waals surface area contributed by atoms with Crippen LogP contribution in [-0.2, 0) is 6.18 Å². The van der Waals surface area contributed by atoms with Gasteiger partial charge in [0, 0.05) is 36.8 Å². The molecule has 4 nitrogen and oxygen atoms in total. The fourth-order valence-electron chi connectivity index (χ4n) is 2.96. The van der Waals surface area contributed by atoms with Crippen molar-refractivity contribution >= 4 is 39.1 Å². The van der Waals surface area contributed by atoms with E-state index in [4.69, 9.17) is 11.6 Å². The van der Waals surface area contributed by atoms with Gasteiger partial charge in [-0.1, -0.05) is 11.6 Å². The van der Waals surface area contributed by atoms with Crippen LogP contribution in [0.2, 0.25) is 5.15 Å². The van der Waals surface area contributed by atoms with Crippen LogP contribution in [0.3, 0.4) is 0 Å². The van der Waals surface area contributed by atoms with E-state index in [1.165, 1.54) is 17.2 Å². The van der Waals surface area contributed by atoms with Gasteiger partial charge in [-0.05, 0) is 28.1 Å². The number of benzene rings is 1. The molecule has 0 bridgehead atoms. The first kappa shape index (κ1) is 21.7. The van der Waals surface area contributed by atoms with Gasteiger partial charge in [-0.3, -0.25) is 4.79 Å². The number of nitrogens with zero attached hydrogens (tertiary/aromatic N) is 3. The number of carbonyl (C=O) groups excluding carboxylic acids is 1. The molecule has 1 aromatic heterocycles. The van der Waals surface area contributed by atoms with Gasteiger partial charge >= 0.3 is 6.18 Å². The highest BCUT2D eigenvalue weighted by Gasteiger charge is 2.39. The van der Waals surface area contributed by atoms with E-state index >= 15 is 0 Å². The fourth-order valence-corrected chi connectivity index (χ4v) is 3.47. The van der Waals surface area contributed by atoms with Gasteiger partial charge in [-0.15, -0.1) is 0 Å². The second kappa shape index (κ2) is 8.02. The van der Waals surface area contributed by atoms with Gasteiger partial charge in [0.1, 0.15) is 16.7 Å². The van der Waals surface area contributed by atoms with E-state index in [-0.39, 0.29) is 43.0 Å². The lowest BCUT2D eigenvalue weighted by Gasteiger charge is -2.36. The molecule has 156 valence electrons. The number of anilines is 1. The first-order chi connectivity index (χ1) is 13.5. The smallest absolute Gasteiger partial charge is 0.363 e. The Morgan fingerprint density at radius 3 is 2.28 bits per heavy atom. The lowest BCUT2D eigenvalue weighted by molar-refractivity contribution is -0.140. The highest BCUT2D eigenvalue weighted by molar-refractivity contribution is 9.10. The van der Waals surface area contributed by atoms with Crippen LogP contribution in [0.25, 0.3) is 0 Å². The summed E-state index contributed by atoms with van der Waals surface area (Å²) >= 11 is 9.09. The Labute approximate surface area is 174 Å². The highest BCUT2D eigenvalue weighted by Crippen LogP contribution is 2.37. The molecule has 29 heavy (non-hydrogen) atoms. The van der Waals surface area contributed by atoms with Gasteiger partial charge in [0.15, 0.2) is 11.6 Å². The Morgan fingerprint density at radius 1 is 1.07 bits per heavy atom. The van der Waals surface area contributed by atoms with E-state index in [1.54, 1.807) is 0 Å². The summed E-state index contributed by atoms with van der Waals surface area (Å²) in [6.45, 7) is -0.265. The number of alkyl halides is 3. The number of rotatable bonds is 2. The van der Waals surface area contributed by atoms with Crippen LogP contribution in [0, 0.1) is 17.5 Å². The maximum Gasteiger partial charge on any atom is 0.419 e. The Bertz CT molecular complexity index is 963. The first-order valence-corrected chi connectivity index (χ1v) is 9.27. The lowest BCUT2D eigenvalue weighted by atomic mass is 10.1. The molecule has 1 fully saturated rings. The molecule has 0 atom stereocenters. The Balaban J connectivity index is 1.80.